The van der Waals surface area contributed by atoms with Crippen LogP contribution in [0.3, 0.4) is 0 Å². The van der Waals surface area contributed by atoms with E-state index in [-0.39, 0.29) is 17.3 Å². The average Bonchev–Trinajstić information content (AvgIpc) is 2.87. The highest BCUT2D eigenvalue weighted by Crippen LogP contribution is 2.38. The summed E-state index contributed by atoms with van der Waals surface area (Å²) in [6.07, 6.45) is 3.61. The van der Waals surface area contributed by atoms with Crippen molar-refractivity contribution < 1.29 is 14.7 Å². The lowest BCUT2D eigenvalue weighted by Gasteiger charge is -2.29. The summed E-state index contributed by atoms with van der Waals surface area (Å²) in [7, 11) is 0. The number of carbonyl (C=O) groups is 2. The Balaban J connectivity index is 2.36. The molecule has 26 heavy (non-hydrogen) atoms. The number of aliphatic hydroxyl groups is 1. The van der Waals surface area contributed by atoms with Gasteiger partial charge in [0, 0.05) is 31.9 Å². The topological polar surface area (TPSA) is 73.7 Å². The molecule has 0 radical (unpaired) electrons. The molecule has 0 spiro atoms. The first-order chi connectivity index (χ1) is 12.4. The van der Waals surface area contributed by atoms with Gasteiger partial charge >= 0.3 is 0 Å². The summed E-state index contributed by atoms with van der Waals surface area (Å²) in [6, 6.07) is 3.05. The molecule has 1 aliphatic heterocycles. The summed E-state index contributed by atoms with van der Waals surface area (Å²) >= 11 is 0. The van der Waals surface area contributed by atoms with Crippen LogP contribution in [0, 0.1) is 5.92 Å². The van der Waals surface area contributed by atoms with Crippen molar-refractivity contribution in [3.63, 3.8) is 0 Å². The summed E-state index contributed by atoms with van der Waals surface area (Å²) in [4.78, 5) is 33.4. The van der Waals surface area contributed by atoms with Crippen LogP contribution in [0.4, 0.5) is 0 Å². The number of nitrogens with zero attached hydrogens (tertiary/aromatic N) is 3. The van der Waals surface area contributed by atoms with Gasteiger partial charge in [-0.1, -0.05) is 33.8 Å². The molecular formula is C20H29N3O3. The molecule has 142 valence electrons. The average molecular weight is 359 g/mol. The fraction of sp³-hybridized carbons (Fsp3) is 0.550. The molecule has 1 N–H and O–H groups in total. The summed E-state index contributed by atoms with van der Waals surface area (Å²) < 4.78 is 0. The van der Waals surface area contributed by atoms with Crippen molar-refractivity contribution in [2.45, 2.75) is 40.2 Å². The Morgan fingerprint density at radius 1 is 1.35 bits per heavy atom. The molecule has 2 heterocycles. The minimum absolute atomic E-state index is 0.150. The van der Waals surface area contributed by atoms with Crippen LogP contribution in [0.1, 0.15) is 45.7 Å². The Hall–Kier alpha value is -2.21. The minimum Gasteiger partial charge on any atom is -0.503 e. The maximum atomic E-state index is 12.8. The molecule has 1 atom stereocenters. The predicted octanol–water partition coefficient (Wildman–Crippen LogP) is 2.73. The van der Waals surface area contributed by atoms with Gasteiger partial charge in [-0.3, -0.25) is 14.6 Å². The van der Waals surface area contributed by atoms with Gasteiger partial charge in [0.25, 0.3) is 5.91 Å². The normalized spacial score (nSPS) is 17.7. The SMILES string of the molecule is CCN(CC)CCN1C(=O)C(O)=C(C(=O)CC(C)C)C1c1cccnc1. The van der Waals surface area contributed by atoms with Gasteiger partial charge in [-0.15, -0.1) is 0 Å². The number of carbonyl (C=O) groups excluding carboxylic acids is 2. The number of hydrogen-bond acceptors (Lipinski definition) is 5. The largest absolute Gasteiger partial charge is 0.503 e. The molecule has 0 aromatic carbocycles. The number of hydrogen-bond donors (Lipinski definition) is 1. The monoisotopic (exact) mass is 359 g/mol. The van der Waals surface area contributed by atoms with Gasteiger partial charge in [-0.2, -0.15) is 0 Å². The molecule has 1 unspecified atom stereocenters. The zero-order valence-corrected chi connectivity index (χ0v) is 16.1. The highest BCUT2D eigenvalue weighted by atomic mass is 16.3. The van der Waals surface area contributed by atoms with Gasteiger partial charge in [-0.05, 0) is 30.6 Å². The maximum Gasteiger partial charge on any atom is 0.290 e. The van der Waals surface area contributed by atoms with Crippen LogP contribution < -0.4 is 0 Å². The lowest BCUT2D eigenvalue weighted by Crippen LogP contribution is -2.38. The molecule has 1 aromatic heterocycles. The van der Waals surface area contributed by atoms with Gasteiger partial charge in [-0.25, -0.2) is 0 Å². The Kier molecular flexibility index (Phi) is 6.91. The number of ketones is 1. The zero-order chi connectivity index (χ0) is 19.3. The van der Waals surface area contributed by atoms with Crippen molar-refractivity contribution in [3.05, 3.63) is 41.4 Å². The van der Waals surface area contributed by atoms with E-state index in [0.29, 0.717) is 19.5 Å². The second kappa shape index (κ2) is 8.94. The van der Waals surface area contributed by atoms with Crippen molar-refractivity contribution in [3.8, 4) is 0 Å². The van der Waals surface area contributed by atoms with Gasteiger partial charge in [0.15, 0.2) is 11.5 Å². The lowest BCUT2D eigenvalue weighted by molar-refractivity contribution is -0.129. The standard InChI is InChI=1S/C20H29N3O3/c1-5-22(6-2)10-11-23-18(15-8-7-9-21-13-15)17(19(25)20(23)26)16(24)12-14(3)4/h7-9,13-14,18,25H,5-6,10-12H2,1-4H3. The Morgan fingerprint density at radius 3 is 2.58 bits per heavy atom. The molecule has 0 saturated heterocycles. The number of aliphatic hydroxyl groups excluding tert-OH is 1. The van der Waals surface area contributed by atoms with Gasteiger partial charge < -0.3 is 14.9 Å². The third kappa shape index (κ3) is 4.30. The number of rotatable bonds is 9. The van der Waals surface area contributed by atoms with E-state index in [4.69, 9.17) is 0 Å². The first kappa shape index (κ1) is 20.1. The van der Waals surface area contributed by atoms with Crippen molar-refractivity contribution in [2.24, 2.45) is 5.92 Å². The smallest absolute Gasteiger partial charge is 0.290 e. The first-order valence-electron chi connectivity index (χ1n) is 9.30. The van der Waals surface area contributed by atoms with Crippen molar-refractivity contribution in [1.82, 2.24) is 14.8 Å². The number of amides is 1. The molecule has 0 bridgehead atoms. The fourth-order valence-corrected chi connectivity index (χ4v) is 3.32. The van der Waals surface area contributed by atoms with Crippen LogP contribution in [0.5, 0.6) is 0 Å². The summed E-state index contributed by atoms with van der Waals surface area (Å²) in [5, 5.41) is 10.5. The Bertz CT molecular complexity index is 666. The predicted molar refractivity (Wildman–Crippen MR) is 101 cm³/mol. The van der Waals surface area contributed by atoms with Gasteiger partial charge in [0.05, 0.1) is 11.6 Å². The lowest BCUT2D eigenvalue weighted by atomic mass is 9.93. The van der Waals surface area contributed by atoms with Gasteiger partial charge in [0.1, 0.15) is 0 Å². The first-order valence-corrected chi connectivity index (χ1v) is 9.30. The van der Waals surface area contributed by atoms with Crippen LogP contribution in [0.25, 0.3) is 0 Å². The van der Waals surface area contributed by atoms with Crippen molar-refractivity contribution in [2.75, 3.05) is 26.2 Å². The molecule has 1 aromatic rings. The fourth-order valence-electron chi connectivity index (χ4n) is 3.32. The molecule has 0 saturated carbocycles. The molecule has 1 amide bonds. The summed E-state index contributed by atoms with van der Waals surface area (Å²) in [5.74, 6) is -0.913. The zero-order valence-electron chi connectivity index (χ0n) is 16.1. The van der Waals surface area contributed by atoms with E-state index in [2.05, 4.69) is 23.7 Å². The van der Waals surface area contributed by atoms with Crippen LogP contribution in [0.2, 0.25) is 0 Å². The van der Waals surface area contributed by atoms with E-state index >= 15 is 0 Å². The quantitative estimate of drug-likeness (QED) is 0.734. The highest BCUT2D eigenvalue weighted by molar-refractivity contribution is 6.09. The third-order valence-electron chi connectivity index (χ3n) is 4.75. The molecule has 0 fully saturated rings. The number of likely N-dealkylation sites (N-methyl/N-ethyl adjacent to an activating group) is 1. The third-order valence-corrected chi connectivity index (χ3v) is 4.75. The number of pyridine rings is 1. The Morgan fingerprint density at radius 2 is 2.04 bits per heavy atom. The van der Waals surface area contributed by atoms with E-state index in [1.807, 2.05) is 19.9 Å². The summed E-state index contributed by atoms with van der Waals surface area (Å²) in [6.45, 7) is 10.9. The van der Waals surface area contributed by atoms with Gasteiger partial charge in [0.2, 0.25) is 0 Å². The van der Waals surface area contributed by atoms with E-state index < -0.39 is 17.7 Å². The summed E-state index contributed by atoms with van der Waals surface area (Å²) in [5.41, 5.74) is 0.952. The van der Waals surface area contributed by atoms with E-state index in [1.54, 1.807) is 23.4 Å². The number of Topliss-reactive ketones (excluding diaryl/α,β-unsaturated/α-hetero) is 1. The van der Waals surface area contributed by atoms with E-state index in [1.165, 1.54) is 0 Å². The van der Waals surface area contributed by atoms with Crippen molar-refractivity contribution >= 4 is 11.7 Å². The van der Waals surface area contributed by atoms with E-state index in [9.17, 15) is 14.7 Å². The maximum absolute atomic E-state index is 12.8. The molecule has 1 aliphatic rings. The highest BCUT2D eigenvalue weighted by Gasteiger charge is 2.43. The van der Waals surface area contributed by atoms with Crippen LogP contribution >= 0.6 is 0 Å². The second-order valence-corrected chi connectivity index (χ2v) is 7.00. The number of aromatic nitrogens is 1. The minimum atomic E-state index is -0.571. The van der Waals surface area contributed by atoms with Crippen LogP contribution in [0.15, 0.2) is 35.9 Å². The molecule has 2 rings (SSSR count). The molecule has 6 heteroatoms. The van der Waals surface area contributed by atoms with E-state index in [0.717, 1.165) is 18.7 Å². The molecule has 0 aliphatic carbocycles. The van der Waals surface area contributed by atoms with Crippen LogP contribution in [-0.4, -0.2) is 57.8 Å². The molecule has 6 nitrogen and oxygen atoms in total. The Labute approximate surface area is 155 Å². The second-order valence-electron chi connectivity index (χ2n) is 7.00. The van der Waals surface area contributed by atoms with Crippen LogP contribution in [-0.2, 0) is 9.59 Å². The molecular weight excluding hydrogens is 330 g/mol. The van der Waals surface area contributed by atoms with Crippen molar-refractivity contribution in [1.29, 1.82) is 0 Å².